The summed E-state index contributed by atoms with van der Waals surface area (Å²) in [4.78, 5) is 33.4. The maximum absolute atomic E-state index is 13.9. The molecule has 0 N–H and O–H groups in total. The average molecular weight is 382 g/mol. The molecule has 5 heteroatoms. The van der Waals surface area contributed by atoms with E-state index >= 15 is 0 Å². The van der Waals surface area contributed by atoms with Gasteiger partial charge in [-0.2, -0.15) is 0 Å². The van der Waals surface area contributed by atoms with Crippen LogP contribution < -0.4 is 4.90 Å². The number of para-hydroxylation sites is 1. The summed E-state index contributed by atoms with van der Waals surface area (Å²) in [6.45, 7) is 9.97. The number of amides is 2. The molecule has 0 aromatic heterocycles. The molecule has 2 heterocycles. The molecule has 0 aliphatic carbocycles. The van der Waals surface area contributed by atoms with Gasteiger partial charge in [0.1, 0.15) is 5.82 Å². The number of benzene rings is 1. The molecule has 0 bridgehead atoms. The van der Waals surface area contributed by atoms with E-state index in [0.29, 0.717) is 12.4 Å². The molecule has 150 valence electrons. The van der Waals surface area contributed by atoms with Gasteiger partial charge in [-0.1, -0.05) is 24.3 Å². The largest absolute Gasteiger partial charge is 0.374 e. The van der Waals surface area contributed by atoms with Crippen molar-refractivity contribution in [3.63, 3.8) is 0 Å². The van der Waals surface area contributed by atoms with Crippen LogP contribution in [0.2, 0.25) is 0 Å². The van der Waals surface area contributed by atoms with Crippen molar-refractivity contribution in [1.29, 1.82) is 0 Å². The maximum Gasteiger partial charge on any atom is 0.254 e. The number of carbonyl (C=O) groups is 2. The summed E-state index contributed by atoms with van der Waals surface area (Å²) in [7, 11) is 0. The molecule has 0 saturated carbocycles. The lowest BCUT2D eigenvalue weighted by Gasteiger charge is -2.48. The molecule has 1 saturated heterocycles. The van der Waals surface area contributed by atoms with E-state index in [1.807, 2.05) is 54.3 Å². The molecule has 1 fully saturated rings. The number of hydrogen-bond donors (Lipinski definition) is 0. The lowest BCUT2D eigenvalue weighted by atomic mass is 9.79. The fourth-order valence-electron chi connectivity index (χ4n) is 4.37. The van der Waals surface area contributed by atoms with Gasteiger partial charge >= 0.3 is 0 Å². The minimum absolute atomic E-state index is 0.113. The molecule has 5 nitrogen and oxygen atoms in total. The first kappa shape index (κ1) is 20.2. The molecule has 1 aromatic rings. The van der Waals surface area contributed by atoms with Crippen molar-refractivity contribution in [1.82, 2.24) is 9.80 Å². The molecule has 1 atom stereocenters. The van der Waals surface area contributed by atoms with Gasteiger partial charge in [-0.25, -0.2) is 0 Å². The molecule has 0 radical (unpaired) electrons. The predicted molar refractivity (Wildman–Crippen MR) is 112 cm³/mol. The molecule has 0 spiro atoms. The third-order valence-corrected chi connectivity index (χ3v) is 5.88. The Morgan fingerprint density at radius 1 is 1.11 bits per heavy atom. The smallest absolute Gasteiger partial charge is 0.254 e. The normalized spacial score (nSPS) is 23.3. The van der Waals surface area contributed by atoms with Crippen molar-refractivity contribution in [2.24, 2.45) is 5.41 Å². The summed E-state index contributed by atoms with van der Waals surface area (Å²) >= 11 is 0. The quantitative estimate of drug-likeness (QED) is 0.720. The van der Waals surface area contributed by atoms with Crippen LogP contribution in [0, 0.1) is 5.41 Å². The number of anilines is 1. The van der Waals surface area contributed by atoms with Crippen LogP contribution in [0.4, 0.5) is 5.69 Å². The molecule has 1 aromatic carbocycles. The van der Waals surface area contributed by atoms with Crippen LogP contribution in [0.15, 0.2) is 54.0 Å². The Labute approximate surface area is 168 Å². The summed E-state index contributed by atoms with van der Waals surface area (Å²) in [6, 6.07) is 9.67. The first-order chi connectivity index (χ1) is 13.5. The van der Waals surface area contributed by atoms with E-state index in [1.165, 1.54) is 0 Å². The van der Waals surface area contributed by atoms with Gasteiger partial charge in [0.15, 0.2) is 5.41 Å². The SMILES string of the molecule is C/C=C(/N(CC)CC)C1(C)C(=O)N2CCCCC=C2N(c2ccccc2)C1=O. The summed E-state index contributed by atoms with van der Waals surface area (Å²) in [5, 5.41) is 0. The third-order valence-electron chi connectivity index (χ3n) is 5.88. The van der Waals surface area contributed by atoms with Gasteiger partial charge < -0.3 is 4.90 Å². The van der Waals surface area contributed by atoms with E-state index in [2.05, 4.69) is 18.7 Å². The fraction of sp³-hybridized carbons (Fsp3) is 0.478. The number of allylic oxidation sites excluding steroid dienone is 2. The number of nitrogens with zero attached hydrogens (tertiary/aromatic N) is 3. The molecule has 28 heavy (non-hydrogen) atoms. The Balaban J connectivity index is 2.19. The molecular formula is C23H31N3O2. The third kappa shape index (κ3) is 3.13. The Morgan fingerprint density at radius 2 is 1.79 bits per heavy atom. The maximum atomic E-state index is 13.9. The van der Waals surface area contributed by atoms with E-state index in [-0.39, 0.29) is 11.8 Å². The molecular weight excluding hydrogens is 350 g/mol. The highest BCUT2D eigenvalue weighted by atomic mass is 16.2. The average Bonchev–Trinajstić information content (AvgIpc) is 2.97. The van der Waals surface area contributed by atoms with Crippen LogP contribution in [0.3, 0.4) is 0 Å². The molecule has 2 aliphatic heterocycles. The van der Waals surface area contributed by atoms with Crippen molar-refractivity contribution < 1.29 is 9.59 Å². The van der Waals surface area contributed by atoms with Gasteiger partial charge in [-0.05, 0) is 65.2 Å². The fourth-order valence-corrected chi connectivity index (χ4v) is 4.37. The van der Waals surface area contributed by atoms with E-state index in [4.69, 9.17) is 0 Å². The number of fused-ring (bicyclic) bond motifs is 1. The lowest BCUT2D eigenvalue weighted by molar-refractivity contribution is -0.149. The summed E-state index contributed by atoms with van der Waals surface area (Å²) < 4.78 is 0. The Morgan fingerprint density at radius 3 is 2.39 bits per heavy atom. The van der Waals surface area contributed by atoms with Crippen molar-refractivity contribution in [2.45, 2.75) is 47.0 Å². The number of rotatable bonds is 5. The molecule has 2 amide bonds. The summed E-state index contributed by atoms with van der Waals surface area (Å²) in [5.41, 5.74) is 0.356. The van der Waals surface area contributed by atoms with Crippen molar-refractivity contribution >= 4 is 17.5 Å². The first-order valence-corrected chi connectivity index (χ1v) is 10.3. The monoisotopic (exact) mass is 381 g/mol. The van der Waals surface area contributed by atoms with Crippen LogP contribution in [-0.4, -0.2) is 41.2 Å². The Kier molecular flexibility index (Phi) is 5.92. The van der Waals surface area contributed by atoms with E-state index < -0.39 is 5.41 Å². The lowest BCUT2D eigenvalue weighted by Crippen LogP contribution is -2.62. The molecule has 3 rings (SSSR count). The van der Waals surface area contributed by atoms with Gasteiger partial charge in [0.25, 0.3) is 5.91 Å². The Bertz CT molecular complexity index is 795. The zero-order valence-corrected chi connectivity index (χ0v) is 17.4. The second-order valence-electron chi connectivity index (χ2n) is 7.46. The standard InChI is InChI=1S/C23H31N3O2/c1-5-19(24(6-2)7-3)23(4)21(27)25-17-13-9-12-16-20(25)26(22(23)28)18-14-10-8-11-15-18/h5,8,10-11,14-16H,6-7,9,12-13,17H2,1-4H3/b19-5+. The number of hydrogen-bond acceptors (Lipinski definition) is 3. The Hall–Kier alpha value is -2.56. The predicted octanol–water partition coefficient (Wildman–Crippen LogP) is 4.14. The van der Waals surface area contributed by atoms with Gasteiger partial charge in [-0.15, -0.1) is 0 Å². The van der Waals surface area contributed by atoms with Crippen molar-refractivity contribution in [2.75, 3.05) is 24.5 Å². The minimum Gasteiger partial charge on any atom is -0.374 e. The topological polar surface area (TPSA) is 43.9 Å². The van der Waals surface area contributed by atoms with E-state index in [1.54, 1.807) is 11.8 Å². The van der Waals surface area contributed by atoms with Crippen LogP contribution in [0.25, 0.3) is 0 Å². The van der Waals surface area contributed by atoms with Crippen LogP contribution >= 0.6 is 0 Å². The highest BCUT2D eigenvalue weighted by Crippen LogP contribution is 2.43. The van der Waals surface area contributed by atoms with Crippen molar-refractivity contribution in [3.05, 3.63) is 54.0 Å². The van der Waals surface area contributed by atoms with Gasteiger partial charge in [0.05, 0.1) is 5.69 Å². The van der Waals surface area contributed by atoms with E-state index in [9.17, 15) is 9.59 Å². The molecule has 1 unspecified atom stereocenters. The number of carbonyl (C=O) groups excluding carboxylic acids is 2. The molecule has 2 aliphatic rings. The van der Waals surface area contributed by atoms with Gasteiger partial charge in [0, 0.05) is 25.3 Å². The second-order valence-corrected chi connectivity index (χ2v) is 7.46. The van der Waals surface area contributed by atoms with Gasteiger partial charge in [-0.3, -0.25) is 19.4 Å². The van der Waals surface area contributed by atoms with Crippen LogP contribution in [0.1, 0.15) is 47.0 Å². The van der Waals surface area contributed by atoms with Gasteiger partial charge in [0.2, 0.25) is 5.91 Å². The summed E-state index contributed by atoms with van der Waals surface area (Å²) in [6.07, 6.45) is 6.81. The highest BCUT2D eigenvalue weighted by molar-refractivity contribution is 6.18. The highest BCUT2D eigenvalue weighted by Gasteiger charge is 2.56. The summed E-state index contributed by atoms with van der Waals surface area (Å²) in [5.74, 6) is 0.428. The zero-order chi connectivity index (χ0) is 20.3. The van der Waals surface area contributed by atoms with E-state index in [0.717, 1.165) is 43.7 Å². The minimum atomic E-state index is -1.24. The zero-order valence-electron chi connectivity index (χ0n) is 17.4. The van der Waals surface area contributed by atoms with Crippen molar-refractivity contribution in [3.8, 4) is 0 Å². The first-order valence-electron chi connectivity index (χ1n) is 10.3. The second kappa shape index (κ2) is 8.21. The van der Waals surface area contributed by atoms with Crippen LogP contribution in [0.5, 0.6) is 0 Å². The van der Waals surface area contributed by atoms with Crippen LogP contribution in [-0.2, 0) is 9.59 Å².